The van der Waals surface area contributed by atoms with E-state index in [2.05, 4.69) is 11.0 Å². The fraction of sp³-hybridized carbons (Fsp3) is 0.222. The van der Waals surface area contributed by atoms with E-state index < -0.39 is 0 Å². The van der Waals surface area contributed by atoms with Crippen LogP contribution in [0.5, 0.6) is 0 Å². The molecule has 2 aliphatic heterocycles. The zero-order valence-electron chi connectivity index (χ0n) is 12.1. The lowest BCUT2D eigenvalue weighted by Gasteiger charge is -2.25. The molecule has 2 heterocycles. The fourth-order valence-electron chi connectivity index (χ4n) is 3.40. The molecule has 0 N–H and O–H groups in total. The van der Waals surface area contributed by atoms with Gasteiger partial charge in [0.15, 0.2) is 0 Å². The molecule has 110 valence electrons. The van der Waals surface area contributed by atoms with E-state index in [-0.39, 0.29) is 24.3 Å². The Hall–Kier alpha value is -2.62. The molecular weight excluding hydrogens is 276 g/mol. The molecule has 0 radical (unpaired) electrons. The van der Waals surface area contributed by atoms with E-state index in [0.717, 1.165) is 18.7 Å². The van der Waals surface area contributed by atoms with E-state index in [1.165, 1.54) is 10.5 Å². The van der Waals surface area contributed by atoms with E-state index in [4.69, 9.17) is 0 Å². The number of rotatable bonds is 2. The van der Waals surface area contributed by atoms with E-state index in [1.807, 2.05) is 36.4 Å². The molecule has 2 aromatic rings. The second-order valence-electron chi connectivity index (χ2n) is 5.69. The van der Waals surface area contributed by atoms with Crippen LogP contribution in [0.15, 0.2) is 54.6 Å². The van der Waals surface area contributed by atoms with Crippen LogP contribution in [0.4, 0.5) is 11.4 Å². The van der Waals surface area contributed by atoms with Gasteiger partial charge < -0.3 is 4.90 Å². The van der Waals surface area contributed by atoms with Gasteiger partial charge in [-0.05, 0) is 30.2 Å². The maximum atomic E-state index is 12.8. The van der Waals surface area contributed by atoms with Crippen molar-refractivity contribution in [1.82, 2.24) is 0 Å². The molecule has 1 saturated heterocycles. The largest absolute Gasteiger partial charge is 0.359 e. The molecule has 22 heavy (non-hydrogen) atoms. The molecule has 2 aromatic carbocycles. The summed E-state index contributed by atoms with van der Waals surface area (Å²) >= 11 is 0. The van der Waals surface area contributed by atoms with Gasteiger partial charge >= 0.3 is 0 Å². The number of para-hydroxylation sites is 2. The van der Waals surface area contributed by atoms with Gasteiger partial charge in [0.25, 0.3) is 5.91 Å². The van der Waals surface area contributed by atoms with E-state index >= 15 is 0 Å². The quantitative estimate of drug-likeness (QED) is 0.798. The summed E-state index contributed by atoms with van der Waals surface area (Å²) in [6.07, 6.45) is 1.18. The molecule has 4 heteroatoms. The van der Waals surface area contributed by atoms with Crippen molar-refractivity contribution in [2.45, 2.75) is 18.9 Å². The number of fused-ring (bicyclic) bond motifs is 1. The molecule has 0 aromatic heterocycles. The maximum Gasteiger partial charge on any atom is 0.256 e. The second-order valence-corrected chi connectivity index (χ2v) is 5.69. The number of anilines is 2. The molecule has 0 saturated carbocycles. The minimum atomic E-state index is -0.378. The molecule has 0 spiro atoms. The normalized spacial score (nSPS) is 20.6. The zero-order valence-corrected chi connectivity index (χ0v) is 12.1. The van der Waals surface area contributed by atoms with E-state index in [1.54, 1.807) is 12.1 Å². The predicted octanol–water partition coefficient (Wildman–Crippen LogP) is 2.38. The summed E-state index contributed by atoms with van der Waals surface area (Å²) in [4.78, 5) is 28.5. The lowest BCUT2D eigenvalue weighted by atomic mass is 10.1. The van der Waals surface area contributed by atoms with Crippen LogP contribution in [-0.4, -0.2) is 24.4 Å². The second kappa shape index (κ2) is 4.98. The number of imide groups is 1. The highest BCUT2D eigenvalue weighted by atomic mass is 16.2. The highest BCUT2D eigenvalue weighted by molar-refractivity contribution is 6.23. The summed E-state index contributed by atoms with van der Waals surface area (Å²) < 4.78 is 0. The van der Waals surface area contributed by atoms with Crippen LogP contribution in [0.3, 0.4) is 0 Å². The summed E-state index contributed by atoms with van der Waals surface area (Å²) in [5.41, 5.74) is 3.00. The Kier molecular flexibility index (Phi) is 2.96. The number of carbonyl (C=O) groups excluding carboxylic acids is 2. The van der Waals surface area contributed by atoms with Crippen molar-refractivity contribution in [3.05, 3.63) is 60.2 Å². The van der Waals surface area contributed by atoms with Crippen molar-refractivity contribution in [1.29, 1.82) is 0 Å². The van der Waals surface area contributed by atoms with Gasteiger partial charge in [-0.15, -0.1) is 0 Å². The van der Waals surface area contributed by atoms with Gasteiger partial charge in [-0.3, -0.25) is 9.59 Å². The first-order chi connectivity index (χ1) is 10.8. The first-order valence-corrected chi connectivity index (χ1v) is 7.52. The number of nitrogens with zero attached hydrogens (tertiary/aromatic N) is 2. The molecule has 2 aliphatic rings. The molecule has 4 nitrogen and oxygen atoms in total. The Balaban J connectivity index is 1.66. The van der Waals surface area contributed by atoms with Gasteiger partial charge in [-0.1, -0.05) is 36.4 Å². The number of benzene rings is 2. The number of carbonyl (C=O) groups is 2. The highest BCUT2D eigenvalue weighted by Gasteiger charge is 2.44. The lowest BCUT2D eigenvalue weighted by molar-refractivity contribution is -0.121. The van der Waals surface area contributed by atoms with Gasteiger partial charge in [0.1, 0.15) is 6.04 Å². The van der Waals surface area contributed by atoms with Crippen molar-refractivity contribution >= 4 is 23.2 Å². The third kappa shape index (κ3) is 1.91. The Bertz CT molecular complexity index is 742. The molecule has 0 aliphatic carbocycles. The van der Waals surface area contributed by atoms with Crippen molar-refractivity contribution < 1.29 is 9.59 Å². The van der Waals surface area contributed by atoms with Crippen LogP contribution in [0.2, 0.25) is 0 Å². The Morgan fingerprint density at radius 1 is 0.909 bits per heavy atom. The van der Waals surface area contributed by atoms with Crippen molar-refractivity contribution in [2.75, 3.05) is 16.3 Å². The van der Waals surface area contributed by atoms with Crippen molar-refractivity contribution in [2.24, 2.45) is 0 Å². The minimum absolute atomic E-state index is 0.118. The number of hydrogen-bond donors (Lipinski definition) is 0. The number of hydrogen-bond acceptors (Lipinski definition) is 3. The SMILES string of the molecule is O=C1C[C@@H](N2CCc3ccccc32)C(=O)N1c1ccccc1. The topological polar surface area (TPSA) is 40.6 Å². The number of amides is 2. The smallest absolute Gasteiger partial charge is 0.256 e. The first-order valence-electron chi connectivity index (χ1n) is 7.52. The van der Waals surface area contributed by atoms with E-state index in [9.17, 15) is 9.59 Å². The van der Waals surface area contributed by atoms with Crippen molar-refractivity contribution in [3.8, 4) is 0 Å². The van der Waals surface area contributed by atoms with Crippen LogP contribution >= 0.6 is 0 Å². The summed E-state index contributed by atoms with van der Waals surface area (Å²) in [5.74, 6) is -0.238. The summed E-state index contributed by atoms with van der Waals surface area (Å²) in [6.45, 7) is 0.797. The third-order valence-electron chi connectivity index (χ3n) is 4.44. The summed E-state index contributed by atoms with van der Waals surface area (Å²) in [6, 6.07) is 16.9. The predicted molar refractivity (Wildman–Crippen MR) is 84.8 cm³/mol. The highest BCUT2D eigenvalue weighted by Crippen LogP contribution is 2.34. The molecule has 1 atom stereocenters. The maximum absolute atomic E-state index is 12.8. The average molecular weight is 292 g/mol. The third-order valence-corrected chi connectivity index (χ3v) is 4.44. The first kappa shape index (κ1) is 13.1. The molecule has 0 unspecified atom stereocenters. The van der Waals surface area contributed by atoms with Crippen LogP contribution in [0.25, 0.3) is 0 Å². The summed E-state index contributed by atoms with van der Waals surface area (Å²) in [7, 11) is 0. The van der Waals surface area contributed by atoms with Gasteiger partial charge in [0.2, 0.25) is 5.91 Å². The molecular formula is C18H16N2O2. The van der Waals surface area contributed by atoms with Gasteiger partial charge in [0, 0.05) is 12.2 Å². The fourth-order valence-corrected chi connectivity index (χ4v) is 3.40. The van der Waals surface area contributed by atoms with Crippen LogP contribution in [0.1, 0.15) is 12.0 Å². The lowest BCUT2D eigenvalue weighted by Crippen LogP contribution is -2.41. The minimum Gasteiger partial charge on any atom is -0.359 e. The van der Waals surface area contributed by atoms with E-state index in [0.29, 0.717) is 5.69 Å². The standard InChI is InChI=1S/C18H16N2O2/c21-17-12-16(18(22)20(17)14-7-2-1-3-8-14)19-11-10-13-6-4-5-9-15(13)19/h1-9,16H,10-12H2/t16-/m1/s1. The molecule has 4 rings (SSSR count). The molecule has 2 amide bonds. The monoisotopic (exact) mass is 292 g/mol. The van der Waals surface area contributed by atoms with Crippen LogP contribution < -0.4 is 9.80 Å². The zero-order chi connectivity index (χ0) is 15.1. The Morgan fingerprint density at radius 2 is 1.64 bits per heavy atom. The molecule has 1 fully saturated rings. The Labute approximate surface area is 129 Å². The van der Waals surface area contributed by atoms with Crippen molar-refractivity contribution in [3.63, 3.8) is 0 Å². The summed E-state index contributed by atoms with van der Waals surface area (Å²) in [5, 5.41) is 0. The Morgan fingerprint density at radius 3 is 2.45 bits per heavy atom. The van der Waals surface area contributed by atoms with Crippen LogP contribution in [-0.2, 0) is 16.0 Å². The van der Waals surface area contributed by atoms with Crippen LogP contribution in [0, 0.1) is 0 Å². The van der Waals surface area contributed by atoms with Gasteiger partial charge in [0.05, 0.1) is 12.1 Å². The average Bonchev–Trinajstić information content (AvgIpc) is 3.09. The molecule has 0 bridgehead atoms. The van der Waals surface area contributed by atoms with Gasteiger partial charge in [-0.2, -0.15) is 0 Å². The van der Waals surface area contributed by atoms with Gasteiger partial charge in [-0.25, -0.2) is 4.90 Å².